The molecule has 1 fully saturated rings. The van der Waals surface area contributed by atoms with Gasteiger partial charge in [-0.2, -0.15) is 0 Å². The molecule has 0 amide bonds. The van der Waals surface area contributed by atoms with Crippen molar-refractivity contribution in [2.45, 2.75) is 0 Å². The van der Waals surface area contributed by atoms with Gasteiger partial charge in [0.2, 0.25) is 0 Å². The molecule has 1 saturated heterocycles. The Balaban J connectivity index is 1.72. The van der Waals surface area contributed by atoms with E-state index >= 15 is 0 Å². The molecule has 0 spiro atoms. The minimum atomic E-state index is -0.0872. The largest absolute Gasteiger partial charge is 0.499 e. The van der Waals surface area contributed by atoms with Crippen LogP contribution in [0, 0.1) is 0 Å². The van der Waals surface area contributed by atoms with Crippen molar-refractivity contribution in [3.63, 3.8) is 0 Å². The number of methoxy groups -OCH3 is 1. The summed E-state index contributed by atoms with van der Waals surface area (Å²) >= 11 is 0. The van der Waals surface area contributed by atoms with Crippen LogP contribution < -0.4 is 21.1 Å². The van der Waals surface area contributed by atoms with Gasteiger partial charge in [0, 0.05) is 50.2 Å². The highest BCUT2D eigenvalue weighted by atomic mass is 16.5. The zero-order valence-corrected chi connectivity index (χ0v) is 14.2. The predicted octanol–water partition coefficient (Wildman–Crippen LogP) is 0.578. The number of dihydropyridines is 1. The average molecular weight is 339 g/mol. The number of nitrogens with one attached hydrogen (secondary N) is 2. The van der Waals surface area contributed by atoms with Gasteiger partial charge in [0.25, 0.3) is 5.56 Å². The molecule has 2 aromatic heterocycles. The van der Waals surface area contributed by atoms with Gasteiger partial charge in [-0.1, -0.05) is 0 Å². The highest BCUT2D eigenvalue weighted by Gasteiger charge is 2.14. The number of allylic oxidation sites excluding steroid dienone is 2. The van der Waals surface area contributed by atoms with Gasteiger partial charge in [-0.3, -0.25) is 9.20 Å². The first-order chi connectivity index (χ1) is 12.2. The lowest BCUT2D eigenvalue weighted by Crippen LogP contribution is -2.43. The van der Waals surface area contributed by atoms with Crippen molar-refractivity contribution in [2.24, 2.45) is 0 Å². The molecular formula is C18H21N5O2. The molecule has 2 aliphatic rings. The van der Waals surface area contributed by atoms with Crippen molar-refractivity contribution >= 4 is 16.9 Å². The average Bonchev–Trinajstić information content (AvgIpc) is 2.68. The van der Waals surface area contributed by atoms with Crippen molar-refractivity contribution in [3.8, 4) is 0 Å². The van der Waals surface area contributed by atoms with Gasteiger partial charge in [0.1, 0.15) is 11.4 Å². The van der Waals surface area contributed by atoms with Crippen LogP contribution in [0.3, 0.4) is 0 Å². The molecule has 4 heterocycles. The zero-order valence-electron chi connectivity index (χ0n) is 14.2. The van der Waals surface area contributed by atoms with E-state index in [0.29, 0.717) is 17.9 Å². The number of hydrogen-bond acceptors (Lipinski definition) is 6. The Bertz CT molecular complexity index is 909. The third-order valence-corrected chi connectivity index (χ3v) is 4.53. The van der Waals surface area contributed by atoms with E-state index in [0.717, 1.165) is 43.2 Å². The molecule has 0 aromatic carbocycles. The summed E-state index contributed by atoms with van der Waals surface area (Å²) in [6.07, 6.45) is 5.64. The molecule has 0 atom stereocenters. The third-order valence-electron chi connectivity index (χ3n) is 4.53. The SMILES string of the molecule is COC1=CC(c2cc(=O)n3cc(N4CCNCC4)ccc3n2)=CNC1. The standard InChI is InChI=1S/C18H21N5O2/c1-25-15-8-13(10-20-11-15)16-9-18(24)23-12-14(2-3-17(23)21-16)22-6-4-19-5-7-22/h2-3,8-10,12,19-20H,4-7,11H2,1H3. The van der Waals surface area contributed by atoms with Crippen LogP contribution in [0.25, 0.3) is 11.2 Å². The normalized spacial score (nSPS) is 17.7. The molecular weight excluding hydrogens is 318 g/mol. The lowest BCUT2D eigenvalue weighted by Gasteiger charge is -2.29. The maximum atomic E-state index is 12.6. The van der Waals surface area contributed by atoms with Crippen molar-refractivity contribution < 1.29 is 4.74 Å². The second-order valence-corrected chi connectivity index (χ2v) is 6.13. The van der Waals surface area contributed by atoms with E-state index in [1.165, 1.54) is 0 Å². The first-order valence-electron chi connectivity index (χ1n) is 8.42. The fourth-order valence-electron chi connectivity index (χ4n) is 3.16. The summed E-state index contributed by atoms with van der Waals surface area (Å²) in [7, 11) is 1.64. The number of piperazine rings is 1. The van der Waals surface area contributed by atoms with Crippen LogP contribution in [0.1, 0.15) is 5.69 Å². The van der Waals surface area contributed by atoms with Crippen LogP contribution in [-0.2, 0) is 4.74 Å². The van der Waals surface area contributed by atoms with Gasteiger partial charge in [-0.15, -0.1) is 0 Å². The molecule has 2 aliphatic heterocycles. The van der Waals surface area contributed by atoms with E-state index < -0.39 is 0 Å². The smallest absolute Gasteiger partial charge is 0.258 e. The Morgan fingerprint density at radius 1 is 1.24 bits per heavy atom. The van der Waals surface area contributed by atoms with Crippen molar-refractivity contribution in [2.75, 3.05) is 44.7 Å². The summed E-state index contributed by atoms with van der Waals surface area (Å²) < 4.78 is 6.89. The molecule has 4 rings (SSSR count). The number of nitrogens with zero attached hydrogens (tertiary/aromatic N) is 3. The monoisotopic (exact) mass is 339 g/mol. The first-order valence-corrected chi connectivity index (χ1v) is 8.42. The molecule has 2 N–H and O–H groups in total. The van der Waals surface area contributed by atoms with E-state index in [-0.39, 0.29) is 5.56 Å². The number of hydrogen-bond donors (Lipinski definition) is 2. The molecule has 7 heteroatoms. The number of pyridine rings is 1. The first kappa shape index (κ1) is 15.7. The minimum absolute atomic E-state index is 0.0872. The number of anilines is 1. The summed E-state index contributed by atoms with van der Waals surface area (Å²) in [5, 5.41) is 6.47. The highest BCUT2D eigenvalue weighted by molar-refractivity contribution is 5.73. The number of ether oxygens (including phenoxy) is 1. The summed E-state index contributed by atoms with van der Waals surface area (Å²) in [5.41, 5.74) is 3.08. The van der Waals surface area contributed by atoms with Crippen molar-refractivity contribution in [1.82, 2.24) is 20.0 Å². The Morgan fingerprint density at radius 2 is 2.08 bits per heavy atom. The second-order valence-electron chi connectivity index (χ2n) is 6.13. The van der Waals surface area contributed by atoms with Gasteiger partial charge in [-0.05, 0) is 18.2 Å². The number of rotatable bonds is 3. The van der Waals surface area contributed by atoms with Gasteiger partial charge < -0.3 is 20.3 Å². The number of fused-ring (bicyclic) bond motifs is 1. The van der Waals surface area contributed by atoms with Crippen LogP contribution in [0.5, 0.6) is 0 Å². The fourth-order valence-corrected chi connectivity index (χ4v) is 3.16. The third kappa shape index (κ3) is 3.10. The molecule has 25 heavy (non-hydrogen) atoms. The topological polar surface area (TPSA) is 70.9 Å². The Kier molecular flexibility index (Phi) is 4.15. The molecule has 0 bridgehead atoms. The molecule has 2 aromatic rings. The van der Waals surface area contributed by atoms with E-state index in [9.17, 15) is 4.79 Å². The fraction of sp³-hybridized carbons (Fsp3) is 0.333. The number of aromatic nitrogens is 2. The van der Waals surface area contributed by atoms with Crippen LogP contribution in [-0.4, -0.2) is 49.2 Å². The quantitative estimate of drug-likeness (QED) is 0.852. The van der Waals surface area contributed by atoms with Gasteiger partial charge in [0.15, 0.2) is 0 Å². The molecule has 7 nitrogen and oxygen atoms in total. The van der Waals surface area contributed by atoms with Crippen LogP contribution in [0.2, 0.25) is 0 Å². The lowest BCUT2D eigenvalue weighted by molar-refractivity contribution is 0.282. The molecule has 0 radical (unpaired) electrons. The maximum absolute atomic E-state index is 12.6. The summed E-state index contributed by atoms with van der Waals surface area (Å²) in [5.74, 6) is 0.813. The van der Waals surface area contributed by atoms with E-state index in [2.05, 4.69) is 20.5 Å². The van der Waals surface area contributed by atoms with Gasteiger partial charge in [0.05, 0.1) is 25.0 Å². The van der Waals surface area contributed by atoms with Crippen molar-refractivity contribution in [1.29, 1.82) is 0 Å². The Morgan fingerprint density at radius 3 is 2.88 bits per heavy atom. The van der Waals surface area contributed by atoms with Crippen LogP contribution >= 0.6 is 0 Å². The van der Waals surface area contributed by atoms with Gasteiger partial charge in [-0.25, -0.2) is 4.98 Å². The van der Waals surface area contributed by atoms with E-state index in [1.54, 1.807) is 17.6 Å². The van der Waals surface area contributed by atoms with E-state index in [1.807, 2.05) is 30.6 Å². The summed E-state index contributed by atoms with van der Waals surface area (Å²) in [4.78, 5) is 19.5. The van der Waals surface area contributed by atoms with E-state index in [4.69, 9.17) is 4.74 Å². The summed E-state index contributed by atoms with van der Waals surface area (Å²) in [6.45, 7) is 4.43. The lowest BCUT2D eigenvalue weighted by atomic mass is 10.1. The van der Waals surface area contributed by atoms with Gasteiger partial charge >= 0.3 is 0 Å². The minimum Gasteiger partial charge on any atom is -0.499 e. The maximum Gasteiger partial charge on any atom is 0.258 e. The second kappa shape index (κ2) is 6.60. The van der Waals surface area contributed by atoms with Crippen LogP contribution in [0.4, 0.5) is 5.69 Å². The molecule has 0 unspecified atom stereocenters. The predicted molar refractivity (Wildman–Crippen MR) is 97.6 cm³/mol. The Hall–Kier alpha value is -2.80. The zero-order chi connectivity index (χ0) is 17.2. The van der Waals surface area contributed by atoms with Crippen LogP contribution in [0.15, 0.2) is 47.2 Å². The van der Waals surface area contributed by atoms with Crippen molar-refractivity contribution in [3.05, 3.63) is 58.5 Å². The summed E-state index contributed by atoms with van der Waals surface area (Å²) in [6, 6.07) is 5.50. The Labute approximate surface area is 145 Å². The highest BCUT2D eigenvalue weighted by Crippen LogP contribution is 2.19. The molecule has 0 aliphatic carbocycles. The molecule has 130 valence electrons. The molecule has 0 saturated carbocycles.